The number of carbonyl (C=O) groups is 1. The van der Waals surface area contributed by atoms with Crippen molar-refractivity contribution in [2.24, 2.45) is 5.92 Å². The van der Waals surface area contributed by atoms with Gasteiger partial charge in [-0.2, -0.15) is 0 Å². The second-order valence-corrected chi connectivity index (χ2v) is 6.11. The van der Waals surface area contributed by atoms with E-state index in [1.165, 1.54) is 16.7 Å². The highest BCUT2D eigenvalue weighted by Crippen LogP contribution is 2.36. The lowest BCUT2D eigenvalue weighted by molar-refractivity contribution is -0.116. The molecule has 1 amide bonds. The third-order valence-electron chi connectivity index (χ3n) is 4.64. The maximum Gasteiger partial charge on any atom is 0.224 e. The Morgan fingerprint density at radius 1 is 1.23 bits per heavy atom. The van der Waals surface area contributed by atoms with Gasteiger partial charge in [-0.05, 0) is 41.2 Å². The maximum atomic E-state index is 11.5. The van der Waals surface area contributed by atoms with Gasteiger partial charge in [-0.3, -0.25) is 9.78 Å². The molecule has 2 atom stereocenters. The van der Waals surface area contributed by atoms with Gasteiger partial charge < -0.3 is 5.32 Å². The van der Waals surface area contributed by atoms with Gasteiger partial charge in [0.1, 0.15) is 0 Å². The number of aromatic nitrogens is 1. The number of hydrogen-bond acceptors (Lipinski definition) is 2. The zero-order valence-electron chi connectivity index (χ0n) is 13.2. The molecule has 114 valence electrons. The van der Waals surface area contributed by atoms with Crippen LogP contribution in [0.3, 0.4) is 0 Å². The van der Waals surface area contributed by atoms with Gasteiger partial charge in [0.15, 0.2) is 0 Å². The van der Waals surface area contributed by atoms with Gasteiger partial charge in [-0.15, -0.1) is 0 Å². The third-order valence-corrected chi connectivity index (χ3v) is 4.64. The van der Waals surface area contributed by atoms with E-state index in [9.17, 15) is 4.79 Å². The highest BCUT2D eigenvalue weighted by Gasteiger charge is 2.23. The summed E-state index contributed by atoms with van der Waals surface area (Å²) < 4.78 is 0. The number of hydrogen-bond donors (Lipinski definition) is 1. The van der Waals surface area contributed by atoms with E-state index in [4.69, 9.17) is 0 Å². The predicted octanol–water partition coefficient (Wildman–Crippen LogP) is 4.14. The number of benzene rings is 1. The summed E-state index contributed by atoms with van der Waals surface area (Å²) in [4.78, 5) is 15.8. The number of carbonyl (C=O) groups excluding carboxylic acids is 1. The minimum atomic E-state index is 0.117. The van der Waals surface area contributed by atoms with Gasteiger partial charge in [0.05, 0.1) is 0 Å². The first-order chi connectivity index (χ1) is 10.7. The number of nitrogens with zero attached hydrogens (tertiary/aromatic N) is 1. The zero-order chi connectivity index (χ0) is 15.5. The van der Waals surface area contributed by atoms with E-state index < -0.39 is 0 Å². The fourth-order valence-corrected chi connectivity index (χ4v) is 3.24. The lowest BCUT2D eigenvalue weighted by atomic mass is 9.80. The molecule has 0 aliphatic carbocycles. The van der Waals surface area contributed by atoms with Crippen molar-refractivity contribution in [2.75, 3.05) is 5.32 Å². The van der Waals surface area contributed by atoms with E-state index in [2.05, 4.69) is 42.3 Å². The van der Waals surface area contributed by atoms with Crippen molar-refractivity contribution in [1.82, 2.24) is 4.98 Å². The number of nitrogens with one attached hydrogen (secondary N) is 1. The Bertz CT molecular complexity index is 666. The molecule has 0 saturated carbocycles. The van der Waals surface area contributed by atoms with Crippen LogP contribution in [0.2, 0.25) is 0 Å². The summed E-state index contributed by atoms with van der Waals surface area (Å²) in [6.45, 7) is 4.52. The second-order valence-electron chi connectivity index (χ2n) is 6.11. The quantitative estimate of drug-likeness (QED) is 0.920. The first kappa shape index (κ1) is 14.8. The van der Waals surface area contributed by atoms with Crippen LogP contribution >= 0.6 is 0 Å². The Kier molecular flexibility index (Phi) is 4.23. The van der Waals surface area contributed by atoms with Gasteiger partial charge in [0.25, 0.3) is 0 Å². The van der Waals surface area contributed by atoms with E-state index in [0.717, 1.165) is 18.5 Å². The number of fused-ring (bicyclic) bond motifs is 1. The SMILES string of the molecule is CCC(C)C(c1cccnc1)c1ccc2c(c1)CCC(=O)N2. The zero-order valence-corrected chi connectivity index (χ0v) is 13.2. The van der Waals surface area contributed by atoms with Gasteiger partial charge in [-0.25, -0.2) is 0 Å². The minimum Gasteiger partial charge on any atom is -0.326 e. The van der Waals surface area contributed by atoms with E-state index >= 15 is 0 Å². The van der Waals surface area contributed by atoms with Gasteiger partial charge in [0, 0.05) is 30.4 Å². The number of pyridine rings is 1. The van der Waals surface area contributed by atoms with Crippen LogP contribution in [-0.4, -0.2) is 10.9 Å². The summed E-state index contributed by atoms with van der Waals surface area (Å²) in [6, 6.07) is 10.6. The van der Waals surface area contributed by atoms with E-state index in [-0.39, 0.29) is 5.91 Å². The van der Waals surface area contributed by atoms with Crippen LogP contribution in [0.1, 0.15) is 49.3 Å². The van der Waals surface area contributed by atoms with Crippen LogP contribution in [0.5, 0.6) is 0 Å². The number of amides is 1. The minimum absolute atomic E-state index is 0.117. The highest BCUT2D eigenvalue weighted by atomic mass is 16.1. The molecular weight excluding hydrogens is 272 g/mol. The van der Waals surface area contributed by atoms with Crippen LogP contribution in [-0.2, 0) is 11.2 Å². The molecule has 1 N–H and O–H groups in total. The molecule has 0 saturated heterocycles. The molecule has 3 heteroatoms. The standard InChI is InChI=1S/C19H22N2O/c1-3-13(2)19(16-5-4-10-20-12-16)15-6-8-17-14(11-15)7-9-18(22)21-17/h4-6,8,10-13,19H,3,7,9H2,1-2H3,(H,21,22). The molecule has 0 radical (unpaired) electrons. The Hall–Kier alpha value is -2.16. The normalized spacial score (nSPS) is 16.5. The van der Waals surface area contributed by atoms with Crippen LogP contribution < -0.4 is 5.32 Å². The fraction of sp³-hybridized carbons (Fsp3) is 0.368. The topological polar surface area (TPSA) is 42.0 Å². The van der Waals surface area contributed by atoms with Crippen molar-refractivity contribution in [3.05, 3.63) is 59.4 Å². The van der Waals surface area contributed by atoms with Crippen LogP contribution in [0, 0.1) is 5.92 Å². The molecule has 3 rings (SSSR count). The molecule has 0 fully saturated rings. The summed E-state index contributed by atoms with van der Waals surface area (Å²) in [5, 5.41) is 2.96. The predicted molar refractivity (Wildman–Crippen MR) is 88.9 cm³/mol. The van der Waals surface area contributed by atoms with Crippen LogP contribution in [0.4, 0.5) is 5.69 Å². The maximum absolute atomic E-state index is 11.5. The highest BCUT2D eigenvalue weighted by molar-refractivity contribution is 5.93. The summed E-state index contributed by atoms with van der Waals surface area (Å²) in [5.41, 5.74) is 4.79. The number of aryl methyl sites for hydroxylation is 1. The monoisotopic (exact) mass is 294 g/mol. The van der Waals surface area contributed by atoms with Crippen molar-refractivity contribution >= 4 is 11.6 Å². The lowest BCUT2D eigenvalue weighted by Gasteiger charge is -2.26. The molecule has 22 heavy (non-hydrogen) atoms. The summed E-state index contributed by atoms with van der Waals surface area (Å²) >= 11 is 0. The van der Waals surface area contributed by atoms with Crippen molar-refractivity contribution < 1.29 is 4.79 Å². The van der Waals surface area contributed by atoms with Crippen LogP contribution in [0.25, 0.3) is 0 Å². The molecular formula is C19H22N2O. The molecule has 0 spiro atoms. The lowest BCUT2D eigenvalue weighted by Crippen LogP contribution is -2.19. The first-order valence-corrected chi connectivity index (χ1v) is 8.01. The van der Waals surface area contributed by atoms with Gasteiger partial charge in [-0.1, -0.05) is 38.5 Å². The first-order valence-electron chi connectivity index (χ1n) is 8.01. The number of rotatable bonds is 4. The molecule has 0 bridgehead atoms. The van der Waals surface area contributed by atoms with Crippen molar-refractivity contribution in [2.45, 2.75) is 39.0 Å². The van der Waals surface area contributed by atoms with Crippen LogP contribution in [0.15, 0.2) is 42.7 Å². The second kappa shape index (κ2) is 6.30. The molecule has 1 aliphatic rings. The average Bonchev–Trinajstić information content (AvgIpc) is 2.56. The molecule has 1 aliphatic heterocycles. The Labute approximate surface area is 131 Å². The van der Waals surface area contributed by atoms with Crippen molar-refractivity contribution in [1.29, 1.82) is 0 Å². The molecule has 3 nitrogen and oxygen atoms in total. The van der Waals surface area contributed by atoms with E-state index in [0.29, 0.717) is 18.3 Å². The van der Waals surface area contributed by atoms with E-state index in [1.807, 2.05) is 24.5 Å². The summed E-state index contributed by atoms with van der Waals surface area (Å²) in [7, 11) is 0. The molecule has 2 heterocycles. The van der Waals surface area contributed by atoms with Gasteiger partial charge >= 0.3 is 0 Å². The van der Waals surface area contributed by atoms with Gasteiger partial charge in [0.2, 0.25) is 5.91 Å². The largest absolute Gasteiger partial charge is 0.326 e. The molecule has 1 aromatic heterocycles. The molecule has 1 aromatic carbocycles. The molecule has 2 unspecified atom stereocenters. The Morgan fingerprint density at radius 3 is 2.82 bits per heavy atom. The average molecular weight is 294 g/mol. The molecule has 2 aromatic rings. The summed E-state index contributed by atoms with van der Waals surface area (Å²) in [6.07, 6.45) is 6.32. The smallest absolute Gasteiger partial charge is 0.224 e. The number of anilines is 1. The van der Waals surface area contributed by atoms with E-state index in [1.54, 1.807) is 0 Å². The summed E-state index contributed by atoms with van der Waals surface area (Å²) in [5.74, 6) is 1.01. The Morgan fingerprint density at radius 2 is 2.09 bits per heavy atom. The van der Waals surface area contributed by atoms with Crippen molar-refractivity contribution in [3.63, 3.8) is 0 Å². The van der Waals surface area contributed by atoms with Crippen molar-refractivity contribution in [3.8, 4) is 0 Å². The fourth-order valence-electron chi connectivity index (χ4n) is 3.24. The third kappa shape index (κ3) is 2.89. The Balaban J connectivity index is 2.00.